The molecule has 19 heavy (non-hydrogen) atoms. The molecule has 0 bridgehead atoms. The van der Waals surface area contributed by atoms with Crippen molar-refractivity contribution in [3.8, 4) is 0 Å². The number of aromatic nitrogens is 4. The van der Waals surface area contributed by atoms with E-state index in [1.807, 2.05) is 20.3 Å². The van der Waals surface area contributed by atoms with E-state index in [2.05, 4.69) is 20.8 Å². The summed E-state index contributed by atoms with van der Waals surface area (Å²) >= 11 is 0. The molecule has 2 heterocycles. The number of likely N-dealkylation sites (N-methyl/N-ethyl adjacent to an activating group) is 1. The van der Waals surface area contributed by atoms with Crippen molar-refractivity contribution in [1.82, 2.24) is 24.9 Å². The Morgan fingerprint density at radius 3 is 2.74 bits per heavy atom. The van der Waals surface area contributed by atoms with E-state index < -0.39 is 0 Å². The van der Waals surface area contributed by atoms with Crippen LogP contribution >= 0.6 is 0 Å². The van der Waals surface area contributed by atoms with Crippen molar-refractivity contribution in [2.45, 2.75) is 6.54 Å². The highest BCUT2D eigenvalue weighted by Crippen LogP contribution is 2.01. The lowest BCUT2D eigenvalue weighted by molar-refractivity contribution is 0.638. The number of nitrogens with zero attached hydrogens (tertiary/aromatic N) is 4. The first-order valence-corrected chi connectivity index (χ1v) is 6.12. The quantitative estimate of drug-likeness (QED) is 0.696. The minimum atomic E-state index is -0.127. The zero-order valence-electron chi connectivity index (χ0n) is 11.1. The van der Waals surface area contributed by atoms with Gasteiger partial charge in [0.1, 0.15) is 0 Å². The van der Waals surface area contributed by atoms with Crippen molar-refractivity contribution in [2.75, 3.05) is 25.5 Å². The third-order valence-electron chi connectivity index (χ3n) is 2.66. The summed E-state index contributed by atoms with van der Waals surface area (Å²) in [6.45, 7) is 2.02. The number of hydrogen-bond acceptors (Lipinski definition) is 5. The van der Waals surface area contributed by atoms with Gasteiger partial charge in [0.15, 0.2) is 0 Å². The van der Waals surface area contributed by atoms with E-state index in [4.69, 9.17) is 0 Å². The fourth-order valence-corrected chi connectivity index (χ4v) is 1.71. The number of hydrogen-bond donors (Lipinski definition) is 2. The van der Waals surface area contributed by atoms with E-state index in [0.717, 1.165) is 24.3 Å². The molecule has 102 valence electrons. The summed E-state index contributed by atoms with van der Waals surface area (Å²) in [7, 11) is 3.72. The topological polar surface area (TPSA) is 76.8 Å². The van der Waals surface area contributed by atoms with Gasteiger partial charge in [-0.25, -0.2) is 4.68 Å². The summed E-state index contributed by atoms with van der Waals surface area (Å²) < 4.78 is 3.12. The largest absolute Gasteiger partial charge is 0.382 e. The molecule has 0 spiro atoms. The van der Waals surface area contributed by atoms with Gasteiger partial charge in [-0.3, -0.25) is 9.48 Å². The van der Waals surface area contributed by atoms with Gasteiger partial charge in [-0.15, -0.1) is 0 Å². The van der Waals surface area contributed by atoms with Crippen molar-refractivity contribution in [2.24, 2.45) is 7.05 Å². The molecule has 0 amide bonds. The van der Waals surface area contributed by atoms with E-state index in [0.29, 0.717) is 6.54 Å². The maximum absolute atomic E-state index is 11.9. The number of anilines is 1. The molecule has 0 fully saturated rings. The van der Waals surface area contributed by atoms with Crippen LogP contribution in [-0.2, 0) is 13.6 Å². The molecular formula is C12H18N6O. The predicted molar refractivity (Wildman–Crippen MR) is 73.2 cm³/mol. The molecule has 2 rings (SSSR count). The number of aryl methyl sites for hydroxylation is 1. The molecule has 2 aromatic rings. The summed E-state index contributed by atoms with van der Waals surface area (Å²) in [6, 6.07) is 1.55. The molecule has 2 aromatic heterocycles. The van der Waals surface area contributed by atoms with Gasteiger partial charge < -0.3 is 10.6 Å². The van der Waals surface area contributed by atoms with E-state index in [1.54, 1.807) is 23.1 Å². The van der Waals surface area contributed by atoms with Crippen molar-refractivity contribution >= 4 is 5.69 Å². The average molecular weight is 262 g/mol. The second-order valence-electron chi connectivity index (χ2n) is 4.29. The molecule has 0 aliphatic rings. The van der Waals surface area contributed by atoms with Crippen LogP contribution in [0, 0.1) is 0 Å². The average Bonchev–Trinajstić information content (AvgIpc) is 2.79. The molecule has 2 N–H and O–H groups in total. The first-order chi connectivity index (χ1) is 9.19. The molecule has 0 aromatic carbocycles. The molecule has 0 saturated carbocycles. The molecule has 0 aliphatic heterocycles. The predicted octanol–water partition coefficient (Wildman–Crippen LogP) is -0.344. The van der Waals surface area contributed by atoms with Gasteiger partial charge in [-0.1, -0.05) is 0 Å². The van der Waals surface area contributed by atoms with Gasteiger partial charge in [-0.2, -0.15) is 10.2 Å². The zero-order chi connectivity index (χ0) is 13.7. The van der Waals surface area contributed by atoms with Gasteiger partial charge >= 0.3 is 0 Å². The van der Waals surface area contributed by atoms with Crippen LogP contribution in [0.2, 0.25) is 0 Å². The Kier molecular flexibility index (Phi) is 4.30. The fourth-order valence-electron chi connectivity index (χ4n) is 1.71. The second kappa shape index (κ2) is 6.14. The maximum Gasteiger partial charge on any atom is 0.269 e. The van der Waals surface area contributed by atoms with Crippen LogP contribution in [0.4, 0.5) is 5.69 Å². The highest BCUT2D eigenvalue weighted by atomic mass is 16.1. The van der Waals surface area contributed by atoms with Crippen LogP contribution in [0.25, 0.3) is 0 Å². The first kappa shape index (κ1) is 13.3. The van der Waals surface area contributed by atoms with Crippen LogP contribution in [0.15, 0.2) is 29.5 Å². The van der Waals surface area contributed by atoms with Gasteiger partial charge in [0.25, 0.3) is 5.56 Å². The second-order valence-corrected chi connectivity index (χ2v) is 4.29. The Hall–Kier alpha value is -2.15. The summed E-state index contributed by atoms with van der Waals surface area (Å²) in [4.78, 5) is 11.9. The Balaban J connectivity index is 2.04. The Morgan fingerprint density at radius 1 is 1.26 bits per heavy atom. The summed E-state index contributed by atoms with van der Waals surface area (Å²) in [5.74, 6) is 0. The van der Waals surface area contributed by atoms with Gasteiger partial charge in [0, 0.05) is 38.0 Å². The molecule has 0 atom stereocenters. The normalized spacial score (nSPS) is 10.6. The zero-order valence-corrected chi connectivity index (χ0v) is 11.1. The van der Waals surface area contributed by atoms with Crippen molar-refractivity contribution in [3.63, 3.8) is 0 Å². The van der Waals surface area contributed by atoms with Crippen molar-refractivity contribution in [3.05, 3.63) is 40.6 Å². The minimum Gasteiger partial charge on any atom is -0.382 e. The smallest absolute Gasteiger partial charge is 0.269 e. The fraction of sp³-hybridized carbons (Fsp3) is 0.417. The highest BCUT2D eigenvalue weighted by molar-refractivity contribution is 5.38. The summed E-state index contributed by atoms with van der Waals surface area (Å²) in [6.07, 6.45) is 5.26. The lowest BCUT2D eigenvalue weighted by Gasteiger charge is -2.07. The van der Waals surface area contributed by atoms with Crippen LogP contribution in [0.1, 0.15) is 5.56 Å². The standard InChI is InChI=1S/C12H18N6O/c1-13-3-4-14-11-5-12(19)18(16-7-11)9-10-6-15-17(2)8-10/h5-8,13-14H,3-4,9H2,1-2H3. The minimum absolute atomic E-state index is 0.127. The van der Waals surface area contributed by atoms with Crippen LogP contribution in [-0.4, -0.2) is 39.7 Å². The van der Waals surface area contributed by atoms with Crippen LogP contribution in [0.3, 0.4) is 0 Å². The van der Waals surface area contributed by atoms with Gasteiger partial charge in [0.2, 0.25) is 0 Å². The Bertz CT molecular complexity index is 588. The Morgan fingerprint density at radius 2 is 2.11 bits per heavy atom. The third-order valence-corrected chi connectivity index (χ3v) is 2.66. The van der Waals surface area contributed by atoms with E-state index in [-0.39, 0.29) is 5.56 Å². The monoisotopic (exact) mass is 262 g/mol. The molecule has 0 aliphatic carbocycles. The molecular weight excluding hydrogens is 244 g/mol. The number of rotatable bonds is 6. The molecule has 0 unspecified atom stereocenters. The Labute approximate surface area is 111 Å². The van der Waals surface area contributed by atoms with Gasteiger partial charge in [-0.05, 0) is 7.05 Å². The third kappa shape index (κ3) is 3.65. The summed E-state index contributed by atoms with van der Waals surface area (Å²) in [5, 5.41) is 14.4. The molecule has 0 radical (unpaired) electrons. The lowest BCUT2D eigenvalue weighted by atomic mass is 10.3. The van der Waals surface area contributed by atoms with E-state index in [9.17, 15) is 4.79 Å². The van der Waals surface area contributed by atoms with E-state index in [1.165, 1.54) is 4.68 Å². The maximum atomic E-state index is 11.9. The molecule has 7 heteroatoms. The van der Waals surface area contributed by atoms with E-state index >= 15 is 0 Å². The molecule has 7 nitrogen and oxygen atoms in total. The first-order valence-electron chi connectivity index (χ1n) is 6.12. The summed E-state index contributed by atoms with van der Waals surface area (Å²) in [5.41, 5.74) is 1.56. The van der Waals surface area contributed by atoms with Gasteiger partial charge in [0.05, 0.1) is 24.6 Å². The van der Waals surface area contributed by atoms with Crippen molar-refractivity contribution in [1.29, 1.82) is 0 Å². The van der Waals surface area contributed by atoms with Crippen LogP contribution < -0.4 is 16.2 Å². The number of nitrogens with one attached hydrogen (secondary N) is 2. The SMILES string of the molecule is CNCCNc1cnn(Cc2cnn(C)c2)c(=O)c1. The highest BCUT2D eigenvalue weighted by Gasteiger charge is 2.02. The lowest BCUT2D eigenvalue weighted by Crippen LogP contribution is -2.24. The van der Waals surface area contributed by atoms with Crippen LogP contribution in [0.5, 0.6) is 0 Å². The van der Waals surface area contributed by atoms with Crippen molar-refractivity contribution < 1.29 is 0 Å². The molecule has 0 saturated heterocycles.